The van der Waals surface area contributed by atoms with E-state index in [-0.39, 0.29) is 11.3 Å². The van der Waals surface area contributed by atoms with Gasteiger partial charge in [-0.05, 0) is 19.1 Å². The van der Waals surface area contributed by atoms with Crippen molar-refractivity contribution >= 4 is 17.3 Å². The summed E-state index contributed by atoms with van der Waals surface area (Å²) in [6.45, 7) is 4.55. The number of hydrogen-bond acceptors (Lipinski definition) is 6. The van der Waals surface area contributed by atoms with Crippen LogP contribution in [-0.4, -0.2) is 48.7 Å². The number of ether oxygens (including phenoxy) is 1. The van der Waals surface area contributed by atoms with Crippen LogP contribution in [0.4, 0.5) is 11.4 Å². The lowest BCUT2D eigenvalue weighted by molar-refractivity contribution is -0.384. The fourth-order valence-corrected chi connectivity index (χ4v) is 2.14. The molecule has 1 aromatic rings. The van der Waals surface area contributed by atoms with Crippen LogP contribution in [0.15, 0.2) is 18.2 Å². The van der Waals surface area contributed by atoms with E-state index in [0.717, 1.165) is 0 Å². The van der Waals surface area contributed by atoms with Crippen molar-refractivity contribution in [1.29, 1.82) is 0 Å². The number of carbonyl (C=O) groups is 1. The number of nitro benzene ring substituents is 1. The molecule has 2 rings (SSSR count). The molecule has 1 saturated heterocycles. The summed E-state index contributed by atoms with van der Waals surface area (Å²) in [4.78, 5) is 23.0. The summed E-state index contributed by atoms with van der Waals surface area (Å²) in [6.07, 6.45) is 0. The van der Waals surface area contributed by atoms with Gasteiger partial charge in [0.05, 0.1) is 18.1 Å². The fourth-order valence-electron chi connectivity index (χ4n) is 2.14. The second-order valence-corrected chi connectivity index (χ2v) is 4.53. The second kappa shape index (κ2) is 7.00. The summed E-state index contributed by atoms with van der Waals surface area (Å²) in [5.41, 5.74) is 2.87. The summed E-state index contributed by atoms with van der Waals surface area (Å²) in [5.74, 6) is -0.483. The van der Waals surface area contributed by atoms with E-state index in [1.165, 1.54) is 6.07 Å². The van der Waals surface area contributed by atoms with Crippen LogP contribution in [0.2, 0.25) is 0 Å². The monoisotopic (exact) mass is 294 g/mol. The highest BCUT2D eigenvalue weighted by molar-refractivity contribution is 6.00. The van der Waals surface area contributed by atoms with Gasteiger partial charge in [-0.1, -0.05) is 6.07 Å². The topological polar surface area (TPSA) is 96.7 Å². The Labute approximate surface area is 122 Å². The van der Waals surface area contributed by atoms with Gasteiger partial charge in [0.15, 0.2) is 0 Å². The molecule has 1 amide bonds. The van der Waals surface area contributed by atoms with Crippen molar-refractivity contribution in [1.82, 2.24) is 10.4 Å². The maximum atomic E-state index is 12.3. The molecule has 2 N–H and O–H groups in total. The van der Waals surface area contributed by atoms with Gasteiger partial charge in [-0.3, -0.25) is 20.3 Å². The molecule has 1 aromatic carbocycles. The highest BCUT2D eigenvalue weighted by Gasteiger charge is 2.25. The molecule has 1 aliphatic rings. The quantitative estimate of drug-likeness (QED) is 0.621. The first-order chi connectivity index (χ1) is 10.1. The minimum absolute atomic E-state index is 0.0462. The minimum atomic E-state index is -0.535. The number of rotatable bonds is 5. The third-order valence-corrected chi connectivity index (χ3v) is 3.10. The molecule has 8 nitrogen and oxygen atoms in total. The van der Waals surface area contributed by atoms with E-state index >= 15 is 0 Å². The maximum Gasteiger partial charge on any atom is 0.305 e. The van der Waals surface area contributed by atoms with Crippen LogP contribution in [0.3, 0.4) is 0 Å². The number of hydrazine groups is 1. The Morgan fingerprint density at radius 3 is 2.76 bits per heavy atom. The van der Waals surface area contributed by atoms with Gasteiger partial charge in [0.2, 0.25) is 0 Å². The molecular formula is C13H18N4O4. The van der Waals surface area contributed by atoms with E-state index < -0.39 is 10.8 Å². The highest BCUT2D eigenvalue weighted by atomic mass is 16.6. The van der Waals surface area contributed by atoms with Crippen LogP contribution in [-0.2, 0) is 4.74 Å². The molecular weight excluding hydrogens is 276 g/mol. The number of nitrogens with zero attached hydrogens (tertiary/aromatic N) is 2. The van der Waals surface area contributed by atoms with Crippen LogP contribution in [0.5, 0.6) is 0 Å². The summed E-state index contributed by atoms with van der Waals surface area (Å²) in [7, 11) is 0. The zero-order valence-corrected chi connectivity index (χ0v) is 11.8. The van der Waals surface area contributed by atoms with Crippen molar-refractivity contribution < 1.29 is 14.5 Å². The van der Waals surface area contributed by atoms with Crippen molar-refractivity contribution in [3.63, 3.8) is 0 Å². The molecule has 0 spiro atoms. The molecule has 0 bridgehead atoms. The largest absolute Gasteiger partial charge is 0.380 e. The van der Waals surface area contributed by atoms with E-state index in [9.17, 15) is 14.9 Å². The molecule has 1 heterocycles. The highest BCUT2D eigenvalue weighted by Crippen LogP contribution is 2.28. The molecule has 1 aliphatic heterocycles. The first-order valence-electron chi connectivity index (χ1n) is 6.78. The van der Waals surface area contributed by atoms with Crippen molar-refractivity contribution in [3.8, 4) is 0 Å². The number of nitrogens with one attached hydrogen (secondary N) is 2. The average Bonchev–Trinajstić information content (AvgIpc) is 2.48. The molecule has 21 heavy (non-hydrogen) atoms. The van der Waals surface area contributed by atoms with E-state index in [4.69, 9.17) is 4.74 Å². The maximum absolute atomic E-state index is 12.3. The Morgan fingerprint density at radius 2 is 2.14 bits per heavy atom. The lowest BCUT2D eigenvalue weighted by atomic mass is 10.1. The minimum Gasteiger partial charge on any atom is -0.380 e. The molecule has 0 radical (unpaired) electrons. The Kier molecular flexibility index (Phi) is 5.07. The predicted octanol–water partition coefficient (Wildman–Crippen LogP) is 1.00. The molecule has 8 heteroatoms. The fraction of sp³-hybridized carbons (Fsp3) is 0.462. The number of nitro groups is 1. The Morgan fingerprint density at radius 1 is 1.43 bits per heavy atom. The molecule has 0 aliphatic carbocycles. The summed E-state index contributed by atoms with van der Waals surface area (Å²) < 4.78 is 5.19. The summed E-state index contributed by atoms with van der Waals surface area (Å²) >= 11 is 0. The van der Waals surface area contributed by atoms with Crippen molar-refractivity contribution in [2.75, 3.05) is 38.2 Å². The molecule has 0 unspecified atom stereocenters. The number of para-hydroxylation sites is 1. The number of hydrogen-bond donors (Lipinski definition) is 2. The van der Waals surface area contributed by atoms with Gasteiger partial charge in [0.1, 0.15) is 11.3 Å². The van der Waals surface area contributed by atoms with E-state index in [2.05, 4.69) is 10.7 Å². The van der Waals surface area contributed by atoms with Gasteiger partial charge in [0, 0.05) is 19.6 Å². The average molecular weight is 294 g/mol. The summed E-state index contributed by atoms with van der Waals surface area (Å²) in [6, 6.07) is 4.67. The number of anilines is 1. The van der Waals surface area contributed by atoms with Crippen LogP contribution in [0.1, 0.15) is 17.3 Å². The van der Waals surface area contributed by atoms with E-state index in [1.807, 2.05) is 6.92 Å². The zero-order valence-electron chi connectivity index (χ0n) is 11.8. The number of carbonyl (C=O) groups excluding carboxylic acids is 1. The van der Waals surface area contributed by atoms with Gasteiger partial charge >= 0.3 is 5.69 Å². The number of morpholine rings is 1. The standard InChI is InChI=1S/C13H18N4O4/c1-2-14-11-5-3-4-10(12(11)17(19)20)13(18)15-16-6-8-21-9-7-16/h3-5,14H,2,6-9H2,1H3,(H,15,18). The van der Waals surface area contributed by atoms with Crippen LogP contribution in [0, 0.1) is 10.1 Å². The Hall–Kier alpha value is -2.19. The normalized spacial score (nSPS) is 15.5. The third kappa shape index (κ3) is 3.67. The summed E-state index contributed by atoms with van der Waals surface area (Å²) in [5, 5.41) is 15.9. The first-order valence-corrected chi connectivity index (χ1v) is 6.78. The molecule has 0 atom stereocenters. The second-order valence-electron chi connectivity index (χ2n) is 4.53. The third-order valence-electron chi connectivity index (χ3n) is 3.10. The first kappa shape index (κ1) is 15.2. The Bertz CT molecular complexity index is 529. The van der Waals surface area contributed by atoms with Crippen LogP contribution < -0.4 is 10.7 Å². The van der Waals surface area contributed by atoms with Crippen LogP contribution in [0.25, 0.3) is 0 Å². The van der Waals surface area contributed by atoms with Crippen molar-refractivity contribution in [2.24, 2.45) is 0 Å². The Balaban J connectivity index is 2.22. The molecule has 114 valence electrons. The van der Waals surface area contributed by atoms with Gasteiger partial charge in [-0.25, -0.2) is 5.01 Å². The van der Waals surface area contributed by atoms with E-state index in [1.54, 1.807) is 17.1 Å². The molecule has 0 aromatic heterocycles. The lowest BCUT2D eigenvalue weighted by Gasteiger charge is -2.26. The lowest BCUT2D eigenvalue weighted by Crippen LogP contribution is -2.48. The smallest absolute Gasteiger partial charge is 0.305 e. The SMILES string of the molecule is CCNc1cccc(C(=O)NN2CCOCC2)c1[N+](=O)[O-]. The van der Waals surface area contributed by atoms with Gasteiger partial charge in [-0.2, -0.15) is 0 Å². The van der Waals surface area contributed by atoms with E-state index in [0.29, 0.717) is 38.5 Å². The zero-order chi connectivity index (χ0) is 15.2. The predicted molar refractivity (Wildman–Crippen MR) is 77.1 cm³/mol. The van der Waals surface area contributed by atoms with Crippen LogP contribution >= 0.6 is 0 Å². The van der Waals surface area contributed by atoms with Crippen molar-refractivity contribution in [3.05, 3.63) is 33.9 Å². The number of amides is 1. The van der Waals surface area contributed by atoms with Gasteiger partial charge < -0.3 is 10.1 Å². The van der Waals surface area contributed by atoms with Gasteiger partial charge in [0.25, 0.3) is 5.91 Å². The molecule has 1 fully saturated rings. The number of benzene rings is 1. The van der Waals surface area contributed by atoms with Gasteiger partial charge in [-0.15, -0.1) is 0 Å². The molecule has 0 saturated carbocycles. The van der Waals surface area contributed by atoms with Crippen molar-refractivity contribution in [2.45, 2.75) is 6.92 Å².